The summed E-state index contributed by atoms with van der Waals surface area (Å²) in [4.78, 5) is 35.5. The summed E-state index contributed by atoms with van der Waals surface area (Å²) in [5, 5.41) is 11.8. The highest BCUT2D eigenvalue weighted by Crippen LogP contribution is 2.19. The van der Waals surface area contributed by atoms with E-state index in [1.165, 1.54) is 12.4 Å². The number of carbonyl (C=O) groups is 2. The number of hydrogen-bond donors (Lipinski definition) is 4. The first-order valence-corrected chi connectivity index (χ1v) is 10.9. The molecule has 0 saturated carbocycles. The van der Waals surface area contributed by atoms with E-state index in [1.807, 2.05) is 0 Å². The van der Waals surface area contributed by atoms with E-state index < -0.39 is 0 Å². The first kappa shape index (κ1) is 24.5. The van der Waals surface area contributed by atoms with Gasteiger partial charge in [0, 0.05) is 73.5 Å². The summed E-state index contributed by atoms with van der Waals surface area (Å²) in [6.07, 6.45) is 5.53. The Morgan fingerprint density at radius 2 is 2.09 bits per heavy atom. The van der Waals surface area contributed by atoms with Gasteiger partial charge in [-0.1, -0.05) is 11.8 Å². The lowest BCUT2D eigenvalue weighted by Crippen LogP contribution is -2.38. The van der Waals surface area contributed by atoms with E-state index in [0.717, 1.165) is 5.56 Å². The summed E-state index contributed by atoms with van der Waals surface area (Å²) >= 11 is 0. The number of rotatable bonds is 6. The van der Waals surface area contributed by atoms with Crippen LogP contribution in [0.1, 0.15) is 44.7 Å². The largest absolute Gasteiger partial charge is 0.404 e. The molecule has 2 aromatic rings. The summed E-state index contributed by atoms with van der Waals surface area (Å²) in [5.41, 5.74) is 14.4. The molecule has 6 N–H and O–H groups in total. The quantitative estimate of drug-likeness (QED) is 0.374. The van der Waals surface area contributed by atoms with E-state index in [1.54, 1.807) is 48.5 Å². The molecule has 2 heterocycles. The highest BCUT2D eigenvalue weighted by atomic mass is 16.2. The fourth-order valence-corrected chi connectivity index (χ4v) is 3.59. The molecule has 2 amide bonds. The van der Waals surface area contributed by atoms with Gasteiger partial charge in [0.1, 0.15) is 5.82 Å². The minimum absolute atomic E-state index is 0.0181. The lowest BCUT2D eigenvalue weighted by molar-refractivity contribution is 0.0783. The fourth-order valence-electron chi connectivity index (χ4n) is 3.59. The Morgan fingerprint density at radius 3 is 2.76 bits per heavy atom. The predicted octanol–water partition coefficient (Wildman–Crippen LogP) is 1.04. The van der Waals surface area contributed by atoms with E-state index in [2.05, 4.69) is 27.1 Å². The number of aromatic nitrogens is 1. The van der Waals surface area contributed by atoms with Crippen molar-refractivity contribution in [1.29, 1.82) is 0 Å². The van der Waals surface area contributed by atoms with E-state index in [4.69, 9.17) is 16.6 Å². The van der Waals surface area contributed by atoms with Gasteiger partial charge >= 0.3 is 0 Å². The molecular formula is C25H28N6O3. The average molecular weight is 461 g/mol. The monoisotopic (exact) mass is 460 g/mol. The molecule has 0 aliphatic carbocycles. The first-order chi connectivity index (χ1) is 16.5. The molecule has 1 saturated heterocycles. The number of hydrogen-bond acceptors (Lipinski definition) is 7. The van der Waals surface area contributed by atoms with Crippen LogP contribution in [0.2, 0.25) is 0 Å². The topological polar surface area (TPSA) is 147 Å². The summed E-state index contributed by atoms with van der Waals surface area (Å²) < 4.78 is 0. The number of aliphatic imine (C=N–C) groups is 1. The number of benzene rings is 1. The van der Waals surface area contributed by atoms with Gasteiger partial charge in [-0.15, -0.1) is 0 Å². The van der Waals surface area contributed by atoms with Crippen molar-refractivity contribution in [1.82, 2.24) is 15.2 Å². The third kappa shape index (κ3) is 5.99. The molecule has 0 bridgehead atoms. The van der Waals surface area contributed by atoms with Crippen LogP contribution in [0.15, 0.2) is 47.7 Å². The van der Waals surface area contributed by atoms with Crippen LogP contribution in [-0.4, -0.2) is 65.8 Å². The number of anilines is 1. The van der Waals surface area contributed by atoms with Gasteiger partial charge < -0.3 is 26.8 Å². The summed E-state index contributed by atoms with van der Waals surface area (Å²) in [5.74, 6) is 5.43. The maximum absolute atomic E-state index is 12.9. The Kier molecular flexibility index (Phi) is 8.37. The van der Waals surface area contributed by atoms with Gasteiger partial charge in [-0.25, -0.2) is 4.98 Å². The Labute approximate surface area is 198 Å². The van der Waals surface area contributed by atoms with Crippen molar-refractivity contribution in [3.63, 3.8) is 0 Å². The van der Waals surface area contributed by atoms with Crippen molar-refractivity contribution in [2.24, 2.45) is 10.7 Å². The molecule has 1 fully saturated rings. The van der Waals surface area contributed by atoms with Crippen LogP contribution in [0.4, 0.5) is 5.82 Å². The zero-order valence-corrected chi connectivity index (χ0v) is 19.0. The number of nitrogens with zero attached hydrogens (tertiary/aromatic N) is 3. The molecule has 1 aliphatic heterocycles. The number of pyridine rings is 1. The van der Waals surface area contributed by atoms with Gasteiger partial charge in [0.05, 0.1) is 12.2 Å². The van der Waals surface area contributed by atoms with E-state index in [-0.39, 0.29) is 35.8 Å². The zero-order valence-electron chi connectivity index (χ0n) is 19.0. The third-order valence-corrected chi connectivity index (χ3v) is 5.36. The SMILES string of the molecule is CN=CC(=CN)c1cnc(N)c(C(=O)NC2CCN(C(=O)c3ccc(C#CCCO)cc3)C2)c1. The Hall–Kier alpha value is -4.16. The Bertz CT molecular complexity index is 1160. The van der Waals surface area contributed by atoms with E-state index in [9.17, 15) is 9.59 Å². The molecule has 1 atom stereocenters. The van der Waals surface area contributed by atoms with Gasteiger partial charge in [0.25, 0.3) is 11.8 Å². The van der Waals surface area contributed by atoms with Crippen molar-refractivity contribution in [2.75, 3.05) is 32.5 Å². The molecule has 34 heavy (non-hydrogen) atoms. The molecule has 1 unspecified atom stereocenters. The maximum Gasteiger partial charge on any atom is 0.255 e. The number of allylic oxidation sites excluding steroid dienone is 1. The maximum atomic E-state index is 12.9. The number of nitrogen functional groups attached to an aromatic ring is 1. The van der Waals surface area contributed by atoms with E-state index in [0.29, 0.717) is 42.6 Å². The highest BCUT2D eigenvalue weighted by molar-refractivity contribution is 6.10. The fraction of sp³-hybridized carbons (Fsp3) is 0.280. The van der Waals surface area contributed by atoms with Crippen LogP contribution >= 0.6 is 0 Å². The lowest BCUT2D eigenvalue weighted by atomic mass is 10.1. The Morgan fingerprint density at radius 1 is 1.32 bits per heavy atom. The number of carbonyl (C=O) groups excluding carboxylic acids is 2. The minimum Gasteiger partial charge on any atom is -0.404 e. The second kappa shape index (κ2) is 11.6. The molecule has 3 rings (SSSR count). The molecule has 1 aromatic heterocycles. The molecule has 0 spiro atoms. The van der Waals surface area contributed by atoms with Gasteiger partial charge in [-0.2, -0.15) is 0 Å². The number of aliphatic hydroxyl groups excluding tert-OH is 1. The average Bonchev–Trinajstić information content (AvgIpc) is 3.31. The summed E-state index contributed by atoms with van der Waals surface area (Å²) in [7, 11) is 1.62. The van der Waals surface area contributed by atoms with Crippen molar-refractivity contribution >= 4 is 29.4 Å². The zero-order chi connectivity index (χ0) is 24.5. The van der Waals surface area contributed by atoms with Gasteiger partial charge in [0.2, 0.25) is 0 Å². The normalized spacial score (nSPS) is 15.8. The molecule has 176 valence electrons. The number of nitrogens with one attached hydrogen (secondary N) is 1. The molecule has 0 radical (unpaired) electrons. The molecule has 1 aromatic carbocycles. The number of aliphatic hydroxyl groups is 1. The predicted molar refractivity (Wildman–Crippen MR) is 132 cm³/mol. The Balaban J connectivity index is 1.63. The third-order valence-electron chi connectivity index (χ3n) is 5.36. The van der Waals surface area contributed by atoms with Crippen molar-refractivity contribution in [3.05, 3.63) is 65.0 Å². The highest BCUT2D eigenvalue weighted by Gasteiger charge is 2.28. The van der Waals surface area contributed by atoms with Crippen LogP contribution in [0.3, 0.4) is 0 Å². The van der Waals surface area contributed by atoms with Crippen molar-refractivity contribution in [2.45, 2.75) is 18.9 Å². The van der Waals surface area contributed by atoms with Gasteiger partial charge in [0.15, 0.2) is 0 Å². The summed E-state index contributed by atoms with van der Waals surface area (Å²) in [6, 6.07) is 8.45. The smallest absolute Gasteiger partial charge is 0.255 e. The molecule has 9 nitrogen and oxygen atoms in total. The van der Waals surface area contributed by atoms with Crippen LogP contribution in [0.25, 0.3) is 5.57 Å². The second-order valence-corrected chi connectivity index (χ2v) is 7.73. The number of likely N-dealkylation sites (tertiary alicyclic amines) is 1. The first-order valence-electron chi connectivity index (χ1n) is 10.9. The number of amides is 2. The number of nitrogens with two attached hydrogens (primary N) is 2. The van der Waals surface area contributed by atoms with Gasteiger partial charge in [-0.3, -0.25) is 14.6 Å². The molecule has 9 heteroatoms. The standard InChI is InChI=1S/C25H28N6O3/c1-28-14-20(13-26)19-12-22(23(27)29-15-19)24(33)30-21-9-10-31(16-21)25(34)18-7-5-17(6-8-18)4-2-3-11-32/h5-8,12-15,21,32H,3,9-11,16,26H2,1H3,(H2,27,29)(H,30,33). The van der Waals surface area contributed by atoms with Gasteiger partial charge in [-0.05, 0) is 36.8 Å². The van der Waals surface area contributed by atoms with Crippen LogP contribution in [-0.2, 0) is 0 Å². The molecular weight excluding hydrogens is 432 g/mol. The van der Waals surface area contributed by atoms with Crippen molar-refractivity contribution < 1.29 is 14.7 Å². The van der Waals surface area contributed by atoms with Crippen LogP contribution in [0, 0.1) is 11.8 Å². The minimum atomic E-state index is -0.359. The lowest BCUT2D eigenvalue weighted by Gasteiger charge is -2.18. The second-order valence-electron chi connectivity index (χ2n) is 7.73. The van der Waals surface area contributed by atoms with Crippen LogP contribution in [0.5, 0.6) is 0 Å². The van der Waals surface area contributed by atoms with Crippen molar-refractivity contribution in [3.8, 4) is 11.8 Å². The van der Waals surface area contributed by atoms with E-state index >= 15 is 0 Å². The van der Waals surface area contributed by atoms with Crippen LogP contribution < -0.4 is 16.8 Å². The molecule has 1 aliphatic rings. The summed E-state index contributed by atoms with van der Waals surface area (Å²) in [6.45, 7) is 0.943.